The van der Waals surface area contributed by atoms with Crippen molar-refractivity contribution in [1.82, 2.24) is 10.2 Å². The summed E-state index contributed by atoms with van der Waals surface area (Å²) in [5.74, 6) is 1.88. The van der Waals surface area contributed by atoms with Crippen LogP contribution in [0.25, 0.3) is 0 Å². The molecule has 1 unspecified atom stereocenters. The number of hydrogen-bond acceptors (Lipinski definition) is 2. The summed E-state index contributed by atoms with van der Waals surface area (Å²) >= 11 is 0. The second-order valence-electron chi connectivity index (χ2n) is 6.96. The fraction of sp³-hybridized carbons (Fsp3) is 1.00. The minimum Gasteiger partial charge on any atom is -0.318 e. The molecule has 0 aromatic rings. The molecule has 1 spiro atoms. The van der Waals surface area contributed by atoms with Crippen molar-refractivity contribution in [2.75, 3.05) is 33.2 Å². The Bertz CT molecular complexity index is 219. The van der Waals surface area contributed by atoms with Crippen LogP contribution in [0.3, 0.4) is 0 Å². The van der Waals surface area contributed by atoms with E-state index in [1.807, 2.05) is 20.9 Å². The first kappa shape index (κ1) is 19.9. The molecule has 2 nitrogen and oxygen atoms in total. The normalized spacial score (nSPS) is 23.7. The topological polar surface area (TPSA) is 15.3 Å². The molecular formula is C18H40N2. The van der Waals surface area contributed by atoms with E-state index in [9.17, 15) is 0 Å². The molecule has 2 fully saturated rings. The Labute approximate surface area is 128 Å². The van der Waals surface area contributed by atoms with Gasteiger partial charge in [0.05, 0.1) is 0 Å². The van der Waals surface area contributed by atoms with Gasteiger partial charge in [-0.15, -0.1) is 0 Å². The molecule has 2 heteroatoms. The molecule has 1 aliphatic carbocycles. The summed E-state index contributed by atoms with van der Waals surface area (Å²) in [5, 5.41) is 3.21. The van der Waals surface area contributed by atoms with Crippen molar-refractivity contribution in [3.05, 3.63) is 0 Å². The predicted octanol–water partition coefficient (Wildman–Crippen LogP) is 4.41. The van der Waals surface area contributed by atoms with E-state index in [4.69, 9.17) is 0 Å². The summed E-state index contributed by atoms with van der Waals surface area (Å²) in [6.45, 7) is 18.2. The maximum Gasteiger partial charge on any atom is 0.0107 e. The summed E-state index contributed by atoms with van der Waals surface area (Å²) in [7, 11) is 2.03. The number of nitrogens with zero attached hydrogens (tertiary/aromatic N) is 1. The van der Waals surface area contributed by atoms with Crippen molar-refractivity contribution in [3.63, 3.8) is 0 Å². The van der Waals surface area contributed by atoms with Gasteiger partial charge in [0.1, 0.15) is 0 Å². The van der Waals surface area contributed by atoms with Gasteiger partial charge in [0.25, 0.3) is 0 Å². The Morgan fingerprint density at radius 2 is 1.80 bits per heavy atom. The molecule has 2 aliphatic rings. The van der Waals surface area contributed by atoms with Crippen LogP contribution in [0, 0.1) is 17.3 Å². The summed E-state index contributed by atoms with van der Waals surface area (Å²) in [6, 6.07) is 0. The van der Waals surface area contributed by atoms with Gasteiger partial charge in [-0.2, -0.15) is 0 Å². The predicted molar refractivity (Wildman–Crippen MR) is 92.3 cm³/mol. The lowest BCUT2D eigenvalue weighted by atomic mass is 9.77. The number of hydrogen-bond donors (Lipinski definition) is 1. The van der Waals surface area contributed by atoms with Crippen molar-refractivity contribution in [1.29, 1.82) is 0 Å². The minimum atomic E-state index is 0.757. The molecule has 1 aliphatic heterocycles. The molecule has 1 N–H and O–H groups in total. The Morgan fingerprint density at radius 1 is 1.25 bits per heavy atom. The van der Waals surface area contributed by atoms with Gasteiger partial charge >= 0.3 is 0 Å². The summed E-state index contributed by atoms with van der Waals surface area (Å²) in [4.78, 5) is 2.59. The van der Waals surface area contributed by atoms with Crippen molar-refractivity contribution in [2.24, 2.45) is 17.3 Å². The monoisotopic (exact) mass is 284 g/mol. The fourth-order valence-corrected chi connectivity index (χ4v) is 3.11. The largest absolute Gasteiger partial charge is 0.318 e. The van der Waals surface area contributed by atoms with Crippen LogP contribution in [-0.2, 0) is 0 Å². The van der Waals surface area contributed by atoms with E-state index in [2.05, 4.69) is 37.9 Å². The standard InChI is InChI=1S/C11H22N2.C5H12.C2H6/c1-10-3-4-11(7-10)8-13(9-11)6-5-12-2;1-4-5(2)3;1-2/h10,12H,3-9H2,1-2H3;5H,4H2,1-3H3;1-2H3. The molecule has 1 heterocycles. The van der Waals surface area contributed by atoms with Gasteiger partial charge in [-0.3, -0.25) is 0 Å². The van der Waals surface area contributed by atoms with Crippen molar-refractivity contribution in [3.8, 4) is 0 Å². The molecule has 0 bridgehead atoms. The lowest BCUT2D eigenvalue weighted by Crippen LogP contribution is -2.56. The van der Waals surface area contributed by atoms with E-state index in [1.54, 1.807) is 0 Å². The average Bonchev–Trinajstić information content (AvgIpc) is 2.80. The number of nitrogens with one attached hydrogen (secondary N) is 1. The lowest BCUT2D eigenvalue weighted by molar-refractivity contribution is 0.00504. The zero-order valence-corrected chi connectivity index (χ0v) is 15.3. The number of rotatable bonds is 4. The number of likely N-dealkylation sites (tertiary alicyclic amines) is 1. The molecule has 122 valence electrons. The molecule has 1 saturated heterocycles. The Hall–Kier alpha value is -0.0800. The van der Waals surface area contributed by atoms with Gasteiger partial charge in [0.2, 0.25) is 0 Å². The highest BCUT2D eigenvalue weighted by Crippen LogP contribution is 2.47. The molecule has 0 radical (unpaired) electrons. The van der Waals surface area contributed by atoms with Crippen LogP contribution in [0.1, 0.15) is 67.2 Å². The summed E-state index contributed by atoms with van der Waals surface area (Å²) in [6.07, 6.45) is 5.76. The quantitative estimate of drug-likeness (QED) is 0.823. The molecule has 20 heavy (non-hydrogen) atoms. The third kappa shape index (κ3) is 7.08. The first-order valence-corrected chi connectivity index (χ1v) is 8.88. The fourth-order valence-electron chi connectivity index (χ4n) is 3.11. The smallest absolute Gasteiger partial charge is 0.0107 e. The van der Waals surface area contributed by atoms with Crippen molar-refractivity contribution in [2.45, 2.75) is 67.2 Å². The maximum atomic E-state index is 3.21. The van der Waals surface area contributed by atoms with Gasteiger partial charge in [-0.05, 0) is 37.1 Å². The van der Waals surface area contributed by atoms with Gasteiger partial charge in [-0.25, -0.2) is 0 Å². The Kier molecular flexibility index (Phi) is 10.6. The lowest BCUT2D eigenvalue weighted by Gasteiger charge is -2.48. The van der Waals surface area contributed by atoms with Crippen molar-refractivity contribution < 1.29 is 0 Å². The average molecular weight is 285 g/mol. The van der Waals surface area contributed by atoms with Gasteiger partial charge < -0.3 is 10.2 Å². The van der Waals surface area contributed by atoms with E-state index in [0.717, 1.165) is 23.8 Å². The highest BCUT2D eigenvalue weighted by atomic mass is 15.2. The maximum absolute atomic E-state index is 3.21. The third-order valence-corrected chi connectivity index (χ3v) is 4.56. The van der Waals surface area contributed by atoms with E-state index in [-0.39, 0.29) is 0 Å². The van der Waals surface area contributed by atoms with Gasteiger partial charge in [0.15, 0.2) is 0 Å². The van der Waals surface area contributed by atoms with Crippen molar-refractivity contribution >= 4 is 0 Å². The summed E-state index contributed by atoms with van der Waals surface area (Å²) < 4.78 is 0. The van der Waals surface area contributed by atoms with E-state index < -0.39 is 0 Å². The third-order valence-electron chi connectivity index (χ3n) is 4.56. The van der Waals surface area contributed by atoms with Crippen LogP contribution in [0.5, 0.6) is 0 Å². The first-order chi connectivity index (χ1) is 9.51. The van der Waals surface area contributed by atoms with Gasteiger partial charge in [-0.1, -0.05) is 54.4 Å². The minimum absolute atomic E-state index is 0.757. The van der Waals surface area contributed by atoms with E-state index in [1.165, 1.54) is 45.3 Å². The van der Waals surface area contributed by atoms with Gasteiger partial charge in [0, 0.05) is 26.2 Å². The second kappa shape index (κ2) is 10.6. The Balaban J connectivity index is 0.000000441. The molecule has 1 saturated carbocycles. The second-order valence-corrected chi connectivity index (χ2v) is 6.96. The van der Waals surface area contributed by atoms with Crippen LogP contribution in [0.2, 0.25) is 0 Å². The van der Waals surface area contributed by atoms with Crippen LogP contribution < -0.4 is 5.32 Å². The molecule has 0 aromatic heterocycles. The van der Waals surface area contributed by atoms with Crippen LogP contribution in [-0.4, -0.2) is 38.1 Å². The summed E-state index contributed by atoms with van der Waals surface area (Å²) in [5.41, 5.74) is 0.757. The highest BCUT2D eigenvalue weighted by Gasteiger charge is 2.46. The highest BCUT2D eigenvalue weighted by molar-refractivity contribution is 4.99. The molecular weight excluding hydrogens is 244 g/mol. The molecule has 1 atom stereocenters. The first-order valence-electron chi connectivity index (χ1n) is 8.88. The zero-order valence-electron chi connectivity index (χ0n) is 15.3. The molecule has 0 aromatic carbocycles. The van der Waals surface area contributed by atoms with Crippen LogP contribution in [0.4, 0.5) is 0 Å². The molecule has 2 rings (SSSR count). The van der Waals surface area contributed by atoms with Crippen LogP contribution in [0.15, 0.2) is 0 Å². The number of likely N-dealkylation sites (N-methyl/N-ethyl adjacent to an activating group) is 1. The Morgan fingerprint density at radius 3 is 2.15 bits per heavy atom. The zero-order chi connectivity index (χ0) is 15.6. The van der Waals surface area contributed by atoms with E-state index >= 15 is 0 Å². The SMILES string of the molecule is CC.CCC(C)C.CNCCN1CC2(CCC(C)C2)C1. The van der Waals surface area contributed by atoms with Crippen LogP contribution >= 0.6 is 0 Å². The van der Waals surface area contributed by atoms with E-state index in [0.29, 0.717) is 0 Å². The molecule has 0 amide bonds.